The molecule has 4 heteroatoms. The summed E-state index contributed by atoms with van der Waals surface area (Å²) in [4.78, 5) is 18.0. The zero-order valence-corrected chi connectivity index (χ0v) is 19.1. The van der Waals surface area contributed by atoms with Crippen molar-refractivity contribution < 1.29 is 0 Å². The lowest BCUT2D eigenvalue weighted by Crippen LogP contribution is -2.27. The summed E-state index contributed by atoms with van der Waals surface area (Å²) >= 11 is 0. The summed E-state index contributed by atoms with van der Waals surface area (Å²) in [5.41, 5.74) is 6.48. The van der Waals surface area contributed by atoms with Gasteiger partial charge < -0.3 is 0 Å². The summed E-state index contributed by atoms with van der Waals surface area (Å²) in [7, 11) is 0. The molecule has 164 valence electrons. The van der Waals surface area contributed by atoms with Crippen LogP contribution in [0.1, 0.15) is 47.7 Å². The predicted octanol–water partition coefficient (Wildman–Crippen LogP) is 6.01. The van der Waals surface area contributed by atoms with E-state index >= 15 is 0 Å². The third-order valence-corrected chi connectivity index (χ3v) is 5.96. The second-order valence-electron chi connectivity index (χ2n) is 8.25. The van der Waals surface area contributed by atoms with Crippen molar-refractivity contribution in [3.05, 3.63) is 117 Å². The number of unbranched alkanes of at least 4 members (excludes halogenated alkanes) is 1. The van der Waals surface area contributed by atoms with E-state index in [1.807, 2.05) is 61.5 Å². The zero-order chi connectivity index (χ0) is 23.2. The smallest absolute Gasteiger partial charge is 0.260 e. The topological polar surface area (TPSA) is 58.7 Å². The third kappa shape index (κ3) is 4.78. The molecule has 4 nitrogen and oxygen atoms in total. The molecule has 0 radical (unpaired) electrons. The monoisotopic (exact) mass is 433 g/mol. The summed E-state index contributed by atoms with van der Waals surface area (Å²) in [5.74, 6) is 0.645. The second-order valence-corrected chi connectivity index (χ2v) is 8.25. The van der Waals surface area contributed by atoms with Gasteiger partial charge in [0.1, 0.15) is 5.82 Å². The van der Waals surface area contributed by atoms with Gasteiger partial charge in [-0.1, -0.05) is 61.9 Å². The molecule has 0 unspecified atom stereocenters. The molecule has 0 bridgehead atoms. The van der Waals surface area contributed by atoms with Crippen LogP contribution in [0.4, 0.5) is 0 Å². The Hall–Kier alpha value is -3.97. The molecule has 2 aromatic heterocycles. The Morgan fingerprint density at radius 1 is 1.00 bits per heavy atom. The van der Waals surface area contributed by atoms with Crippen LogP contribution < -0.4 is 5.56 Å². The molecule has 0 amide bonds. The molecule has 0 spiro atoms. The molecule has 0 saturated carbocycles. The third-order valence-electron chi connectivity index (χ3n) is 5.96. The molecule has 0 aliphatic rings. The van der Waals surface area contributed by atoms with Crippen LogP contribution in [0, 0.1) is 18.3 Å². The van der Waals surface area contributed by atoms with Gasteiger partial charge >= 0.3 is 0 Å². The molecule has 0 saturated heterocycles. The van der Waals surface area contributed by atoms with Crippen LogP contribution in [-0.4, -0.2) is 9.55 Å². The average molecular weight is 434 g/mol. The van der Waals surface area contributed by atoms with Crippen LogP contribution in [-0.2, 0) is 12.8 Å². The Bertz CT molecular complexity index is 1350. The number of hydrogen-bond donors (Lipinski definition) is 0. The molecule has 4 aromatic rings. The van der Waals surface area contributed by atoms with Gasteiger partial charge in [0, 0.05) is 23.9 Å². The molecule has 0 N–H and O–H groups in total. The minimum atomic E-state index is -0.00120. The molecule has 0 atom stereocenters. The summed E-state index contributed by atoms with van der Waals surface area (Å²) in [5, 5.41) is 9.41. The Labute approximate surface area is 194 Å². The number of benzene rings is 2. The molecule has 33 heavy (non-hydrogen) atoms. The summed E-state index contributed by atoms with van der Waals surface area (Å²) < 4.78 is 1.71. The lowest BCUT2D eigenvalue weighted by atomic mass is 9.95. The highest BCUT2D eigenvalue weighted by Gasteiger charge is 2.15. The molecule has 0 aliphatic heterocycles. The van der Waals surface area contributed by atoms with Gasteiger partial charge in [0.2, 0.25) is 0 Å². The lowest BCUT2D eigenvalue weighted by molar-refractivity contribution is 0.771. The van der Waals surface area contributed by atoms with Crippen LogP contribution >= 0.6 is 0 Å². The number of rotatable bonds is 7. The molecular weight excluding hydrogens is 406 g/mol. The number of nitriles is 1. The highest BCUT2D eigenvalue weighted by molar-refractivity contribution is 5.70. The van der Waals surface area contributed by atoms with E-state index in [4.69, 9.17) is 0 Å². The van der Waals surface area contributed by atoms with E-state index in [-0.39, 0.29) is 5.56 Å². The highest BCUT2D eigenvalue weighted by atomic mass is 16.1. The maximum atomic E-state index is 13.6. The first-order valence-electron chi connectivity index (χ1n) is 11.4. The fourth-order valence-electron chi connectivity index (χ4n) is 4.23. The van der Waals surface area contributed by atoms with Crippen molar-refractivity contribution in [3.63, 3.8) is 0 Å². The second kappa shape index (κ2) is 10.1. The van der Waals surface area contributed by atoms with Crippen molar-refractivity contribution >= 4 is 0 Å². The van der Waals surface area contributed by atoms with Gasteiger partial charge in [-0.25, -0.2) is 4.98 Å². The fraction of sp³-hybridized carbons (Fsp3) is 0.207. The van der Waals surface area contributed by atoms with Gasteiger partial charge in [0.05, 0.1) is 11.6 Å². The van der Waals surface area contributed by atoms with E-state index in [1.165, 1.54) is 0 Å². The van der Waals surface area contributed by atoms with Gasteiger partial charge in [0.25, 0.3) is 5.56 Å². The minimum absolute atomic E-state index is 0.00120. The molecule has 2 aromatic carbocycles. The molecule has 2 heterocycles. The van der Waals surface area contributed by atoms with Crippen molar-refractivity contribution in [1.29, 1.82) is 5.26 Å². The van der Waals surface area contributed by atoms with E-state index in [0.29, 0.717) is 17.8 Å². The molecule has 4 rings (SSSR count). The molecule has 0 fully saturated rings. The number of pyridine rings is 2. The van der Waals surface area contributed by atoms with Gasteiger partial charge in [0.15, 0.2) is 0 Å². The van der Waals surface area contributed by atoms with Crippen LogP contribution in [0.15, 0.2) is 83.8 Å². The number of nitrogens with zero attached hydrogens (tertiary/aromatic N) is 3. The average Bonchev–Trinajstić information content (AvgIpc) is 2.85. The maximum Gasteiger partial charge on any atom is 0.260 e. The molecule has 0 aliphatic carbocycles. The van der Waals surface area contributed by atoms with Crippen molar-refractivity contribution in [1.82, 2.24) is 9.55 Å². The van der Waals surface area contributed by atoms with Crippen LogP contribution in [0.25, 0.3) is 16.9 Å². The quantitative estimate of drug-likeness (QED) is 0.358. The van der Waals surface area contributed by atoms with E-state index in [0.717, 1.165) is 52.8 Å². The van der Waals surface area contributed by atoms with E-state index in [9.17, 15) is 10.1 Å². The summed E-state index contributed by atoms with van der Waals surface area (Å²) in [6.07, 6.45) is 5.28. The molecular formula is C29H27N3O. The van der Waals surface area contributed by atoms with Crippen LogP contribution in [0.3, 0.4) is 0 Å². The van der Waals surface area contributed by atoms with Crippen molar-refractivity contribution in [2.45, 2.75) is 39.5 Å². The Morgan fingerprint density at radius 3 is 2.45 bits per heavy atom. The highest BCUT2D eigenvalue weighted by Crippen LogP contribution is 2.25. The van der Waals surface area contributed by atoms with Crippen LogP contribution in [0.2, 0.25) is 0 Å². The van der Waals surface area contributed by atoms with Crippen molar-refractivity contribution in [2.24, 2.45) is 0 Å². The van der Waals surface area contributed by atoms with Crippen molar-refractivity contribution in [2.75, 3.05) is 0 Å². The Balaban J connectivity index is 1.73. The Kier molecular flexibility index (Phi) is 6.80. The van der Waals surface area contributed by atoms with E-state index in [1.54, 1.807) is 10.8 Å². The Morgan fingerprint density at radius 2 is 1.76 bits per heavy atom. The van der Waals surface area contributed by atoms with Gasteiger partial charge in [-0.05, 0) is 66.3 Å². The standard InChI is InChI=1S/C29H27N3O/c1-3-4-9-24-18-21(2)32(28-12-7-8-17-31-28)29(33)27(24)19-22-13-15-23(16-14-22)26-11-6-5-10-25(26)20-30/h5-8,10-18H,3-4,9,19H2,1-2H3. The van der Waals surface area contributed by atoms with E-state index < -0.39 is 0 Å². The first kappa shape index (κ1) is 22.2. The minimum Gasteiger partial charge on any atom is -0.269 e. The normalized spacial score (nSPS) is 10.7. The summed E-state index contributed by atoms with van der Waals surface area (Å²) in [6, 6.07) is 25.8. The summed E-state index contributed by atoms with van der Waals surface area (Å²) in [6.45, 7) is 4.14. The number of aromatic nitrogens is 2. The first-order valence-corrected chi connectivity index (χ1v) is 11.4. The van der Waals surface area contributed by atoms with Crippen LogP contribution in [0.5, 0.6) is 0 Å². The lowest BCUT2D eigenvalue weighted by Gasteiger charge is -2.16. The number of aryl methyl sites for hydroxylation is 2. The maximum absolute atomic E-state index is 13.6. The van der Waals surface area contributed by atoms with Gasteiger partial charge in [-0.2, -0.15) is 5.26 Å². The van der Waals surface area contributed by atoms with E-state index in [2.05, 4.69) is 36.2 Å². The van der Waals surface area contributed by atoms with Crippen molar-refractivity contribution in [3.8, 4) is 23.0 Å². The number of hydrogen-bond acceptors (Lipinski definition) is 3. The zero-order valence-electron chi connectivity index (χ0n) is 19.1. The largest absolute Gasteiger partial charge is 0.269 e. The van der Waals surface area contributed by atoms with Gasteiger partial charge in [-0.15, -0.1) is 0 Å². The predicted molar refractivity (Wildman–Crippen MR) is 133 cm³/mol. The van der Waals surface area contributed by atoms with Gasteiger partial charge in [-0.3, -0.25) is 9.36 Å². The fourth-order valence-corrected chi connectivity index (χ4v) is 4.23. The first-order chi connectivity index (χ1) is 16.1. The SMILES string of the molecule is CCCCc1cc(C)n(-c2ccccn2)c(=O)c1Cc1ccc(-c2ccccc2C#N)cc1.